The van der Waals surface area contributed by atoms with Gasteiger partial charge in [-0.2, -0.15) is 4.98 Å². The molecule has 2 aromatic heterocycles. The Labute approximate surface area is 163 Å². The van der Waals surface area contributed by atoms with Crippen molar-refractivity contribution in [3.63, 3.8) is 0 Å². The average molecular weight is 371 g/mol. The van der Waals surface area contributed by atoms with Crippen LogP contribution in [0.5, 0.6) is 11.6 Å². The molecule has 0 saturated heterocycles. The number of nitrogens with two attached hydrogens (primary N) is 1. The number of hydrogen-bond acceptors (Lipinski definition) is 6. The number of aromatic nitrogens is 3. The van der Waals surface area contributed by atoms with E-state index < -0.39 is 0 Å². The van der Waals surface area contributed by atoms with Crippen molar-refractivity contribution in [2.24, 2.45) is 0 Å². The van der Waals surface area contributed by atoms with E-state index in [1.54, 1.807) is 0 Å². The molecule has 4 aromatic rings. The molecule has 6 heteroatoms. The number of aryl methyl sites for hydroxylation is 2. The second kappa shape index (κ2) is 7.52. The van der Waals surface area contributed by atoms with E-state index in [1.165, 1.54) is 11.9 Å². The van der Waals surface area contributed by atoms with Crippen LogP contribution in [0.15, 0.2) is 60.9 Å². The maximum absolute atomic E-state index is 6.28. The topological polar surface area (TPSA) is 86.0 Å². The molecule has 3 N–H and O–H groups in total. The first-order valence-electron chi connectivity index (χ1n) is 9.14. The third-order valence-electron chi connectivity index (χ3n) is 4.51. The molecule has 0 bridgehead atoms. The fourth-order valence-corrected chi connectivity index (χ4v) is 2.94. The zero-order chi connectivity index (χ0) is 19.5. The smallest absolute Gasteiger partial charge is 0.248 e. The third kappa shape index (κ3) is 3.57. The van der Waals surface area contributed by atoms with Gasteiger partial charge < -0.3 is 15.8 Å². The number of nitrogen functional groups attached to an aromatic ring is 1. The van der Waals surface area contributed by atoms with Gasteiger partial charge in [-0.05, 0) is 43.2 Å². The number of ether oxygens (including phenoxy) is 1. The predicted octanol–water partition coefficient (Wildman–Crippen LogP) is 5.01. The Balaban J connectivity index is 1.64. The zero-order valence-corrected chi connectivity index (χ0v) is 15.8. The van der Waals surface area contributed by atoms with E-state index in [4.69, 9.17) is 10.5 Å². The van der Waals surface area contributed by atoms with Crippen LogP contribution in [0.2, 0.25) is 0 Å². The molecule has 0 saturated carbocycles. The summed E-state index contributed by atoms with van der Waals surface area (Å²) in [5, 5.41) is 4.31. The summed E-state index contributed by atoms with van der Waals surface area (Å²) >= 11 is 0. The van der Waals surface area contributed by atoms with Crippen molar-refractivity contribution in [1.82, 2.24) is 15.0 Å². The minimum atomic E-state index is 0.311. The molecule has 0 radical (unpaired) electrons. The van der Waals surface area contributed by atoms with Crippen molar-refractivity contribution in [2.75, 3.05) is 11.1 Å². The van der Waals surface area contributed by atoms with E-state index in [0.29, 0.717) is 23.1 Å². The lowest BCUT2D eigenvalue weighted by Gasteiger charge is -2.13. The maximum Gasteiger partial charge on any atom is 0.248 e. The van der Waals surface area contributed by atoms with Crippen molar-refractivity contribution >= 4 is 28.1 Å². The van der Waals surface area contributed by atoms with Crippen LogP contribution in [0.1, 0.15) is 18.2 Å². The molecule has 28 heavy (non-hydrogen) atoms. The number of hydrogen-bond donors (Lipinski definition) is 2. The number of anilines is 3. The van der Waals surface area contributed by atoms with Gasteiger partial charge in [0, 0.05) is 11.1 Å². The van der Waals surface area contributed by atoms with Crippen LogP contribution in [0.3, 0.4) is 0 Å². The second-order valence-electron chi connectivity index (χ2n) is 6.50. The first kappa shape index (κ1) is 17.7. The number of nitrogens with zero attached hydrogens (tertiary/aromatic N) is 3. The van der Waals surface area contributed by atoms with Gasteiger partial charge in [-0.25, -0.2) is 4.98 Å². The van der Waals surface area contributed by atoms with E-state index in [9.17, 15) is 0 Å². The summed E-state index contributed by atoms with van der Waals surface area (Å²) in [5.41, 5.74) is 10.5. The van der Waals surface area contributed by atoms with Gasteiger partial charge >= 0.3 is 0 Å². The van der Waals surface area contributed by atoms with E-state index in [0.717, 1.165) is 28.7 Å². The summed E-state index contributed by atoms with van der Waals surface area (Å²) in [5.74, 6) is 1.47. The number of rotatable bonds is 5. The number of para-hydroxylation sites is 1. The molecule has 2 aromatic carbocycles. The van der Waals surface area contributed by atoms with Gasteiger partial charge in [-0.1, -0.05) is 37.3 Å². The summed E-state index contributed by atoms with van der Waals surface area (Å²) in [6.45, 7) is 4.07. The zero-order valence-electron chi connectivity index (χ0n) is 15.8. The van der Waals surface area contributed by atoms with E-state index in [1.807, 2.05) is 61.5 Å². The Kier molecular flexibility index (Phi) is 4.76. The minimum Gasteiger partial charge on any atom is -0.437 e. The number of fused-ring (bicyclic) bond motifs is 1. The number of benzene rings is 2. The van der Waals surface area contributed by atoms with E-state index in [-0.39, 0.29) is 0 Å². The molecule has 0 amide bonds. The highest BCUT2D eigenvalue weighted by Gasteiger charge is 2.12. The maximum atomic E-state index is 6.28. The van der Waals surface area contributed by atoms with Crippen molar-refractivity contribution < 1.29 is 4.74 Å². The van der Waals surface area contributed by atoms with Gasteiger partial charge in [0.2, 0.25) is 5.88 Å². The van der Waals surface area contributed by atoms with Crippen LogP contribution in [0, 0.1) is 6.92 Å². The van der Waals surface area contributed by atoms with E-state index in [2.05, 4.69) is 27.2 Å². The lowest BCUT2D eigenvalue weighted by atomic mass is 10.1. The highest BCUT2D eigenvalue weighted by Crippen LogP contribution is 2.32. The molecule has 2 heterocycles. The Hall–Kier alpha value is -3.67. The van der Waals surface area contributed by atoms with Gasteiger partial charge in [0.15, 0.2) is 5.82 Å². The fraction of sp³-hybridized carbons (Fsp3) is 0.136. The average Bonchev–Trinajstić information content (AvgIpc) is 2.72. The van der Waals surface area contributed by atoms with Gasteiger partial charge in [-0.3, -0.25) is 4.98 Å². The number of nitrogens with one attached hydrogen (secondary N) is 1. The summed E-state index contributed by atoms with van der Waals surface area (Å²) in [4.78, 5) is 13.1. The molecule has 0 fully saturated rings. The third-order valence-corrected chi connectivity index (χ3v) is 4.51. The molecule has 0 unspecified atom stereocenters. The Bertz CT molecular complexity index is 1130. The van der Waals surface area contributed by atoms with Gasteiger partial charge in [0.25, 0.3) is 0 Å². The first-order chi connectivity index (χ1) is 13.6. The quantitative estimate of drug-likeness (QED) is 0.513. The van der Waals surface area contributed by atoms with Crippen LogP contribution >= 0.6 is 0 Å². The molecule has 4 rings (SSSR count). The molecule has 140 valence electrons. The van der Waals surface area contributed by atoms with Gasteiger partial charge in [0.05, 0.1) is 11.2 Å². The molecule has 0 aliphatic heterocycles. The molecular weight excluding hydrogens is 350 g/mol. The molecular formula is C22H21N5O. The van der Waals surface area contributed by atoms with Crippen molar-refractivity contribution in [3.8, 4) is 11.6 Å². The van der Waals surface area contributed by atoms with Crippen LogP contribution in [-0.4, -0.2) is 15.0 Å². The monoisotopic (exact) mass is 371 g/mol. The second-order valence-corrected chi connectivity index (χ2v) is 6.50. The fourth-order valence-electron chi connectivity index (χ4n) is 2.94. The molecule has 0 spiro atoms. The number of pyridine rings is 1. The molecule has 6 nitrogen and oxygen atoms in total. The van der Waals surface area contributed by atoms with Crippen molar-refractivity contribution in [1.29, 1.82) is 0 Å². The van der Waals surface area contributed by atoms with Crippen molar-refractivity contribution in [2.45, 2.75) is 20.3 Å². The molecule has 0 aliphatic carbocycles. The van der Waals surface area contributed by atoms with Crippen molar-refractivity contribution in [3.05, 3.63) is 72.2 Å². The minimum absolute atomic E-state index is 0.311. The predicted molar refractivity (Wildman–Crippen MR) is 112 cm³/mol. The standard InChI is InChI=1S/C22H21N5O/c1-3-15-8-11-17(12-9-15)28-22-19(23)21(24-13-25-22)27-18-6-4-5-16-10-7-14(2)26-20(16)18/h4-13H,3,23H2,1-2H3,(H,24,25,27). The Morgan fingerprint density at radius 1 is 1.00 bits per heavy atom. The largest absolute Gasteiger partial charge is 0.437 e. The normalized spacial score (nSPS) is 10.8. The lowest BCUT2D eigenvalue weighted by molar-refractivity contribution is 0.464. The van der Waals surface area contributed by atoms with Crippen LogP contribution in [-0.2, 0) is 6.42 Å². The summed E-state index contributed by atoms with van der Waals surface area (Å²) < 4.78 is 5.86. The van der Waals surface area contributed by atoms with Gasteiger partial charge in [-0.15, -0.1) is 0 Å². The summed E-state index contributed by atoms with van der Waals surface area (Å²) in [7, 11) is 0. The summed E-state index contributed by atoms with van der Waals surface area (Å²) in [6, 6.07) is 17.8. The SMILES string of the molecule is CCc1ccc(Oc2ncnc(Nc3cccc4ccc(C)nc34)c2N)cc1. The van der Waals surface area contributed by atoms with Crippen LogP contribution in [0.25, 0.3) is 10.9 Å². The van der Waals surface area contributed by atoms with Crippen LogP contribution in [0.4, 0.5) is 17.2 Å². The summed E-state index contributed by atoms with van der Waals surface area (Å²) in [6.07, 6.45) is 2.40. The highest BCUT2D eigenvalue weighted by molar-refractivity contribution is 5.93. The van der Waals surface area contributed by atoms with Gasteiger partial charge in [0.1, 0.15) is 17.8 Å². The molecule has 0 atom stereocenters. The first-order valence-corrected chi connectivity index (χ1v) is 9.14. The van der Waals surface area contributed by atoms with Crippen LogP contribution < -0.4 is 15.8 Å². The highest BCUT2D eigenvalue weighted by atomic mass is 16.5. The van der Waals surface area contributed by atoms with E-state index >= 15 is 0 Å². The molecule has 0 aliphatic rings. The Morgan fingerprint density at radius 3 is 2.61 bits per heavy atom. The lowest BCUT2D eigenvalue weighted by Crippen LogP contribution is -2.04. The Morgan fingerprint density at radius 2 is 1.82 bits per heavy atom.